The van der Waals surface area contributed by atoms with Gasteiger partial charge in [0.2, 0.25) is 0 Å². The molecule has 3 heteroatoms. The average molecular weight is 297 g/mol. The van der Waals surface area contributed by atoms with Crippen molar-refractivity contribution in [2.75, 3.05) is 18.6 Å². The van der Waals surface area contributed by atoms with Gasteiger partial charge in [0, 0.05) is 24.2 Å². The standard InChI is InChI=1S/C19H23NO2/c1-4-10-20-12-14-11-15(22-3)8-9-17(14)18-7-5-6-16(13(2)21)19(18)20/h5-9,11,13,21H,4,10,12H2,1-3H3. The molecule has 0 spiro atoms. The van der Waals surface area contributed by atoms with Gasteiger partial charge >= 0.3 is 0 Å². The van der Waals surface area contributed by atoms with Gasteiger partial charge in [0.15, 0.2) is 0 Å². The molecule has 1 unspecified atom stereocenters. The van der Waals surface area contributed by atoms with Crippen molar-refractivity contribution in [3.8, 4) is 16.9 Å². The van der Waals surface area contributed by atoms with Gasteiger partial charge in [-0.1, -0.05) is 31.2 Å². The Hall–Kier alpha value is -2.00. The number of para-hydroxylation sites is 1. The monoisotopic (exact) mass is 297 g/mol. The number of benzene rings is 2. The molecule has 1 heterocycles. The van der Waals surface area contributed by atoms with Crippen LogP contribution in [0, 0.1) is 0 Å². The van der Waals surface area contributed by atoms with Crippen LogP contribution in [0.15, 0.2) is 36.4 Å². The number of methoxy groups -OCH3 is 1. The first kappa shape index (κ1) is 14.9. The highest BCUT2D eigenvalue weighted by Crippen LogP contribution is 2.43. The Balaban J connectivity index is 2.20. The van der Waals surface area contributed by atoms with Gasteiger partial charge in [0.1, 0.15) is 5.75 Å². The fourth-order valence-corrected chi connectivity index (χ4v) is 3.30. The third-order valence-corrected chi connectivity index (χ3v) is 4.29. The summed E-state index contributed by atoms with van der Waals surface area (Å²) in [4.78, 5) is 2.37. The Morgan fingerprint density at radius 1 is 1.23 bits per heavy atom. The minimum atomic E-state index is -0.464. The highest BCUT2D eigenvalue weighted by atomic mass is 16.5. The summed E-state index contributed by atoms with van der Waals surface area (Å²) >= 11 is 0. The highest BCUT2D eigenvalue weighted by Gasteiger charge is 2.25. The zero-order chi connectivity index (χ0) is 15.7. The van der Waals surface area contributed by atoms with E-state index < -0.39 is 6.10 Å². The maximum atomic E-state index is 10.1. The van der Waals surface area contributed by atoms with Gasteiger partial charge in [-0.2, -0.15) is 0 Å². The van der Waals surface area contributed by atoms with Gasteiger partial charge < -0.3 is 14.7 Å². The fraction of sp³-hybridized carbons (Fsp3) is 0.368. The van der Waals surface area contributed by atoms with Gasteiger partial charge in [-0.25, -0.2) is 0 Å². The van der Waals surface area contributed by atoms with Crippen LogP contribution in [-0.4, -0.2) is 18.8 Å². The van der Waals surface area contributed by atoms with Crippen molar-refractivity contribution in [3.05, 3.63) is 47.5 Å². The summed E-state index contributed by atoms with van der Waals surface area (Å²) in [5, 5.41) is 10.1. The highest BCUT2D eigenvalue weighted by molar-refractivity contribution is 5.86. The van der Waals surface area contributed by atoms with Crippen molar-refractivity contribution >= 4 is 5.69 Å². The third-order valence-electron chi connectivity index (χ3n) is 4.29. The summed E-state index contributed by atoms with van der Waals surface area (Å²) in [6, 6.07) is 12.5. The molecule has 1 atom stereocenters. The maximum Gasteiger partial charge on any atom is 0.119 e. The van der Waals surface area contributed by atoms with Gasteiger partial charge in [-0.15, -0.1) is 0 Å². The molecular formula is C19H23NO2. The number of hydrogen-bond donors (Lipinski definition) is 1. The van der Waals surface area contributed by atoms with E-state index in [0.29, 0.717) is 0 Å². The van der Waals surface area contributed by atoms with Crippen molar-refractivity contribution < 1.29 is 9.84 Å². The predicted octanol–water partition coefficient (Wildman–Crippen LogP) is 4.15. The van der Waals surface area contributed by atoms with Crippen LogP contribution in [0.5, 0.6) is 5.75 Å². The number of nitrogens with zero attached hydrogens (tertiary/aromatic N) is 1. The molecule has 116 valence electrons. The van der Waals surface area contributed by atoms with Gasteiger partial charge in [0.05, 0.1) is 18.9 Å². The van der Waals surface area contributed by atoms with E-state index in [2.05, 4.69) is 30.0 Å². The summed E-state index contributed by atoms with van der Waals surface area (Å²) in [5.41, 5.74) is 5.91. The molecule has 3 nitrogen and oxygen atoms in total. The number of ether oxygens (including phenoxy) is 1. The van der Waals surface area contributed by atoms with E-state index in [0.717, 1.165) is 30.8 Å². The van der Waals surface area contributed by atoms with Crippen LogP contribution in [0.2, 0.25) is 0 Å². The van der Waals surface area contributed by atoms with Crippen molar-refractivity contribution in [3.63, 3.8) is 0 Å². The number of aliphatic hydroxyl groups is 1. The molecule has 0 saturated heterocycles. The maximum absolute atomic E-state index is 10.1. The number of aliphatic hydroxyl groups excluding tert-OH is 1. The van der Waals surface area contributed by atoms with E-state index in [4.69, 9.17) is 4.74 Å². The number of fused-ring (bicyclic) bond motifs is 3. The minimum Gasteiger partial charge on any atom is -0.497 e. The molecule has 1 N–H and O–H groups in total. The van der Waals surface area contributed by atoms with Gasteiger partial charge in [-0.05, 0) is 36.6 Å². The van der Waals surface area contributed by atoms with E-state index in [9.17, 15) is 5.11 Å². The number of anilines is 1. The first-order valence-electron chi connectivity index (χ1n) is 7.89. The van der Waals surface area contributed by atoms with Crippen LogP contribution >= 0.6 is 0 Å². The molecule has 0 fully saturated rings. The Morgan fingerprint density at radius 2 is 2.05 bits per heavy atom. The lowest BCUT2D eigenvalue weighted by Crippen LogP contribution is -2.28. The van der Waals surface area contributed by atoms with Crippen LogP contribution in [0.3, 0.4) is 0 Å². The van der Waals surface area contributed by atoms with Crippen LogP contribution in [0.4, 0.5) is 5.69 Å². The Labute approximate surface area is 132 Å². The van der Waals surface area contributed by atoms with Crippen LogP contribution < -0.4 is 9.64 Å². The molecule has 2 aromatic rings. The quantitative estimate of drug-likeness (QED) is 0.920. The number of rotatable bonds is 4. The molecule has 0 aromatic heterocycles. The normalized spacial score (nSPS) is 14.3. The van der Waals surface area contributed by atoms with Crippen molar-refractivity contribution in [2.24, 2.45) is 0 Å². The molecule has 0 aliphatic carbocycles. The fourth-order valence-electron chi connectivity index (χ4n) is 3.30. The van der Waals surface area contributed by atoms with Gasteiger partial charge in [0.25, 0.3) is 0 Å². The molecule has 0 amide bonds. The van der Waals surface area contributed by atoms with Crippen LogP contribution in [-0.2, 0) is 6.54 Å². The zero-order valence-corrected chi connectivity index (χ0v) is 13.5. The van der Waals surface area contributed by atoms with Crippen LogP contribution in [0.1, 0.15) is 37.5 Å². The summed E-state index contributed by atoms with van der Waals surface area (Å²) in [5.74, 6) is 0.894. The van der Waals surface area contributed by atoms with Crippen molar-refractivity contribution in [2.45, 2.75) is 32.9 Å². The molecule has 1 aliphatic heterocycles. The SMILES string of the molecule is CCCN1Cc2cc(OC)ccc2-c2cccc(C(C)O)c21. The Bertz CT molecular complexity index is 679. The summed E-state index contributed by atoms with van der Waals surface area (Å²) in [6.45, 7) is 5.86. The molecule has 2 aromatic carbocycles. The smallest absolute Gasteiger partial charge is 0.119 e. The second kappa shape index (κ2) is 6.01. The summed E-state index contributed by atoms with van der Waals surface area (Å²) in [6.07, 6.45) is 0.612. The minimum absolute atomic E-state index is 0.464. The largest absolute Gasteiger partial charge is 0.497 e. The molecular weight excluding hydrogens is 274 g/mol. The molecule has 0 bridgehead atoms. The third kappa shape index (κ3) is 2.46. The zero-order valence-electron chi connectivity index (χ0n) is 13.5. The van der Waals surface area contributed by atoms with Gasteiger partial charge in [-0.3, -0.25) is 0 Å². The second-order valence-corrected chi connectivity index (χ2v) is 5.86. The van der Waals surface area contributed by atoms with Crippen molar-refractivity contribution in [1.29, 1.82) is 0 Å². The van der Waals surface area contributed by atoms with E-state index in [-0.39, 0.29) is 0 Å². The topological polar surface area (TPSA) is 32.7 Å². The first-order chi connectivity index (χ1) is 10.7. The summed E-state index contributed by atoms with van der Waals surface area (Å²) in [7, 11) is 1.70. The lowest BCUT2D eigenvalue weighted by molar-refractivity contribution is 0.199. The first-order valence-corrected chi connectivity index (χ1v) is 7.89. The van der Waals surface area contributed by atoms with Crippen molar-refractivity contribution in [1.82, 2.24) is 0 Å². The predicted molar refractivity (Wildman–Crippen MR) is 90.4 cm³/mol. The van der Waals surface area contributed by atoms with Crippen LogP contribution in [0.25, 0.3) is 11.1 Å². The molecule has 22 heavy (non-hydrogen) atoms. The molecule has 0 saturated carbocycles. The molecule has 0 radical (unpaired) electrons. The van der Waals surface area contributed by atoms with E-state index in [1.54, 1.807) is 7.11 Å². The molecule has 1 aliphatic rings. The number of hydrogen-bond acceptors (Lipinski definition) is 3. The lowest BCUT2D eigenvalue weighted by atomic mass is 9.89. The van der Waals surface area contributed by atoms with E-state index in [1.165, 1.54) is 22.4 Å². The molecule has 3 rings (SSSR count). The Kier molecular flexibility index (Phi) is 4.08. The Morgan fingerprint density at radius 3 is 2.73 bits per heavy atom. The second-order valence-electron chi connectivity index (χ2n) is 5.86. The van der Waals surface area contributed by atoms with E-state index >= 15 is 0 Å². The van der Waals surface area contributed by atoms with E-state index in [1.807, 2.05) is 25.1 Å². The summed E-state index contributed by atoms with van der Waals surface area (Å²) < 4.78 is 5.37. The average Bonchev–Trinajstić information content (AvgIpc) is 2.53. The lowest BCUT2D eigenvalue weighted by Gasteiger charge is -2.35.